The van der Waals surface area contributed by atoms with Gasteiger partial charge in [-0.05, 0) is 12.0 Å². The maximum atomic E-state index is 12.2. The zero-order valence-corrected chi connectivity index (χ0v) is 14.0. The van der Waals surface area contributed by atoms with Gasteiger partial charge in [-0.15, -0.1) is 0 Å². The number of aromatic amines is 1. The summed E-state index contributed by atoms with van der Waals surface area (Å²) in [6.45, 7) is 1.89. The van der Waals surface area contributed by atoms with Crippen molar-refractivity contribution in [2.75, 3.05) is 0 Å². The van der Waals surface area contributed by atoms with Crippen molar-refractivity contribution in [3.8, 4) is 11.3 Å². The molecule has 1 heterocycles. The molecule has 0 radical (unpaired) electrons. The lowest BCUT2D eigenvalue weighted by Crippen LogP contribution is -2.26. The molecule has 0 saturated carbocycles. The molecule has 0 unspecified atom stereocenters. The van der Waals surface area contributed by atoms with E-state index in [4.69, 9.17) is 0 Å². The Balaban J connectivity index is 1.60. The topological polar surface area (TPSA) is 70.1 Å². The van der Waals surface area contributed by atoms with E-state index in [-0.39, 0.29) is 11.8 Å². The first-order valence-electron chi connectivity index (χ1n) is 8.19. The quantitative estimate of drug-likeness (QED) is 0.536. The van der Waals surface area contributed by atoms with Gasteiger partial charge in [-0.2, -0.15) is 10.2 Å². The second kappa shape index (κ2) is 8.06. The van der Waals surface area contributed by atoms with Crippen LogP contribution in [0.2, 0.25) is 0 Å². The molecule has 0 saturated heterocycles. The zero-order valence-electron chi connectivity index (χ0n) is 14.0. The third-order valence-electron chi connectivity index (χ3n) is 3.94. The Morgan fingerprint density at radius 2 is 1.84 bits per heavy atom. The SMILES string of the molecule is C[C@@H](Cc1ccccc1)C(=O)N/N=C/c1cn[nH]c1-c1ccccc1. The van der Waals surface area contributed by atoms with Crippen molar-refractivity contribution < 1.29 is 4.79 Å². The summed E-state index contributed by atoms with van der Waals surface area (Å²) >= 11 is 0. The first kappa shape index (κ1) is 16.6. The minimum atomic E-state index is -0.155. The molecule has 126 valence electrons. The fraction of sp³-hybridized carbons (Fsp3) is 0.150. The Morgan fingerprint density at radius 3 is 2.56 bits per heavy atom. The summed E-state index contributed by atoms with van der Waals surface area (Å²) in [5, 5.41) is 11.1. The molecule has 0 bridgehead atoms. The highest BCUT2D eigenvalue weighted by atomic mass is 16.2. The number of benzene rings is 2. The number of hydrazone groups is 1. The molecule has 3 aromatic rings. The molecular weight excluding hydrogens is 312 g/mol. The number of hydrogen-bond donors (Lipinski definition) is 2. The van der Waals surface area contributed by atoms with Crippen LogP contribution < -0.4 is 5.43 Å². The smallest absolute Gasteiger partial charge is 0.243 e. The van der Waals surface area contributed by atoms with Crippen LogP contribution in [0.25, 0.3) is 11.3 Å². The molecular formula is C20H20N4O. The first-order chi connectivity index (χ1) is 12.2. The molecule has 0 fully saturated rings. The van der Waals surface area contributed by atoms with Crippen LogP contribution in [0.5, 0.6) is 0 Å². The van der Waals surface area contributed by atoms with Gasteiger partial charge in [-0.1, -0.05) is 67.6 Å². The van der Waals surface area contributed by atoms with Gasteiger partial charge in [0.15, 0.2) is 0 Å². The lowest BCUT2D eigenvalue weighted by atomic mass is 10.0. The molecule has 1 atom stereocenters. The fourth-order valence-electron chi connectivity index (χ4n) is 2.57. The highest BCUT2D eigenvalue weighted by Gasteiger charge is 2.12. The van der Waals surface area contributed by atoms with Gasteiger partial charge >= 0.3 is 0 Å². The van der Waals surface area contributed by atoms with E-state index in [0.29, 0.717) is 6.42 Å². The normalized spacial score (nSPS) is 12.2. The van der Waals surface area contributed by atoms with Gasteiger partial charge in [-0.3, -0.25) is 9.89 Å². The number of rotatable bonds is 6. The molecule has 5 nitrogen and oxygen atoms in total. The van der Waals surface area contributed by atoms with E-state index >= 15 is 0 Å². The Labute approximate surface area is 146 Å². The highest BCUT2D eigenvalue weighted by molar-refractivity contribution is 5.89. The van der Waals surface area contributed by atoms with Crippen molar-refractivity contribution in [1.29, 1.82) is 0 Å². The number of carbonyl (C=O) groups excluding carboxylic acids is 1. The number of carbonyl (C=O) groups is 1. The molecule has 3 rings (SSSR count). The van der Waals surface area contributed by atoms with Crippen LogP contribution in [-0.2, 0) is 11.2 Å². The van der Waals surface area contributed by atoms with Crippen molar-refractivity contribution >= 4 is 12.1 Å². The second-order valence-corrected chi connectivity index (χ2v) is 5.89. The molecule has 1 aromatic heterocycles. The maximum Gasteiger partial charge on any atom is 0.243 e. The summed E-state index contributed by atoms with van der Waals surface area (Å²) in [6, 6.07) is 19.8. The third kappa shape index (κ3) is 4.41. The molecule has 5 heteroatoms. The standard InChI is InChI=1S/C20H20N4O/c1-15(12-16-8-4-2-5-9-16)20(25)24-22-14-18-13-21-23-19(18)17-10-6-3-7-11-17/h2-11,13-15H,12H2,1H3,(H,21,23)(H,24,25)/b22-14+/t15-/m0/s1. The second-order valence-electron chi connectivity index (χ2n) is 5.89. The predicted molar refractivity (Wildman–Crippen MR) is 99.1 cm³/mol. The summed E-state index contributed by atoms with van der Waals surface area (Å²) in [4.78, 5) is 12.2. The van der Waals surface area contributed by atoms with Crippen molar-refractivity contribution in [3.05, 3.63) is 78.0 Å². The lowest BCUT2D eigenvalue weighted by molar-refractivity contribution is -0.124. The zero-order chi connectivity index (χ0) is 17.5. The van der Waals surface area contributed by atoms with E-state index in [1.165, 1.54) is 0 Å². The van der Waals surface area contributed by atoms with Gasteiger partial charge in [0.2, 0.25) is 5.91 Å². The molecule has 2 N–H and O–H groups in total. The van der Waals surface area contributed by atoms with Gasteiger partial charge in [-0.25, -0.2) is 5.43 Å². The van der Waals surface area contributed by atoms with Crippen LogP contribution in [0.3, 0.4) is 0 Å². The first-order valence-corrected chi connectivity index (χ1v) is 8.19. The van der Waals surface area contributed by atoms with Gasteiger partial charge in [0.05, 0.1) is 18.1 Å². The average Bonchev–Trinajstić information content (AvgIpc) is 3.11. The monoisotopic (exact) mass is 332 g/mol. The van der Waals surface area contributed by atoms with Gasteiger partial charge in [0.1, 0.15) is 0 Å². The third-order valence-corrected chi connectivity index (χ3v) is 3.94. The van der Waals surface area contributed by atoms with Crippen molar-refractivity contribution in [2.45, 2.75) is 13.3 Å². The van der Waals surface area contributed by atoms with Crippen molar-refractivity contribution in [3.63, 3.8) is 0 Å². The highest BCUT2D eigenvalue weighted by Crippen LogP contribution is 2.18. The Kier molecular flexibility index (Phi) is 5.36. The lowest BCUT2D eigenvalue weighted by Gasteiger charge is -2.09. The molecule has 25 heavy (non-hydrogen) atoms. The number of nitrogens with zero attached hydrogens (tertiary/aromatic N) is 2. The van der Waals surface area contributed by atoms with Crippen LogP contribution >= 0.6 is 0 Å². The van der Waals surface area contributed by atoms with Crippen LogP contribution in [0, 0.1) is 5.92 Å². The van der Waals surface area contributed by atoms with Gasteiger partial charge in [0.25, 0.3) is 0 Å². The maximum absolute atomic E-state index is 12.2. The fourth-order valence-corrected chi connectivity index (χ4v) is 2.57. The van der Waals surface area contributed by atoms with Gasteiger partial charge < -0.3 is 0 Å². The molecule has 0 aliphatic rings. The van der Waals surface area contributed by atoms with Gasteiger partial charge in [0, 0.05) is 17.0 Å². The summed E-state index contributed by atoms with van der Waals surface area (Å²) in [5.74, 6) is -0.262. The van der Waals surface area contributed by atoms with E-state index in [1.807, 2.05) is 67.6 Å². The minimum Gasteiger partial charge on any atom is -0.277 e. The van der Waals surface area contributed by atoms with E-state index in [0.717, 1.165) is 22.4 Å². The Hall–Kier alpha value is -3.21. The average molecular weight is 332 g/mol. The number of H-pyrrole nitrogens is 1. The number of hydrogen-bond acceptors (Lipinski definition) is 3. The van der Waals surface area contributed by atoms with E-state index in [2.05, 4.69) is 20.7 Å². The summed E-state index contributed by atoms with van der Waals surface area (Å²) < 4.78 is 0. The molecule has 1 amide bonds. The van der Waals surface area contributed by atoms with Crippen LogP contribution in [0.15, 0.2) is 72.0 Å². The Morgan fingerprint density at radius 1 is 1.16 bits per heavy atom. The van der Waals surface area contributed by atoms with Crippen LogP contribution in [0.4, 0.5) is 0 Å². The molecule has 0 aliphatic carbocycles. The summed E-state index contributed by atoms with van der Waals surface area (Å²) in [5.41, 5.74) is 6.45. The van der Waals surface area contributed by atoms with E-state index in [9.17, 15) is 4.79 Å². The number of amides is 1. The molecule has 0 aliphatic heterocycles. The number of aromatic nitrogens is 2. The number of nitrogens with one attached hydrogen (secondary N) is 2. The minimum absolute atomic E-state index is 0.107. The van der Waals surface area contributed by atoms with Crippen molar-refractivity contribution in [1.82, 2.24) is 15.6 Å². The van der Waals surface area contributed by atoms with E-state index in [1.54, 1.807) is 12.4 Å². The molecule has 2 aromatic carbocycles. The summed E-state index contributed by atoms with van der Waals surface area (Å²) in [6.07, 6.45) is 3.98. The largest absolute Gasteiger partial charge is 0.277 e. The van der Waals surface area contributed by atoms with E-state index < -0.39 is 0 Å². The van der Waals surface area contributed by atoms with Crippen molar-refractivity contribution in [2.24, 2.45) is 11.0 Å². The van der Waals surface area contributed by atoms with Crippen LogP contribution in [0.1, 0.15) is 18.1 Å². The Bertz CT molecular complexity index is 840. The summed E-state index contributed by atoms with van der Waals surface area (Å²) in [7, 11) is 0. The van der Waals surface area contributed by atoms with Crippen LogP contribution in [-0.4, -0.2) is 22.3 Å². The molecule has 0 spiro atoms. The predicted octanol–water partition coefficient (Wildman–Crippen LogP) is 3.41.